The zero-order chi connectivity index (χ0) is 27.9. The first-order chi connectivity index (χ1) is 18.1. The molecule has 2 heterocycles. The van der Waals surface area contributed by atoms with E-state index >= 15 is 0 Å². The molecule has 0 saturated carbocycles. The summed E-state index contributed by atoms with van der Waals surface area (Å²) < 4.78 is 36.9. The number of hydrogen-bond donors (Lipinski definition) is 2. The molecule has 0 spiro atoms. The van der Waals surface area contributed by atoms with Gasteiger partial charge in [-0.15, -0.1) is 13.2 Å². The van der Waals surface area contributed by atoms with E-state index in [4.69, 9.17) is 24.3 Å². The Morgan fingerprint density at radius 2 is 1.89 bits per heavy atom. The number of hydrogen-bond acceptors (Lipinski definition) is 8. The molecule has 11 heteroatoms. The first kappa shape index (κ1) is 29.4. The smallest absolute Gasteiger partial charge is 0.459 e. The number of allylic oxidation sites excluding steroid dienone is 1. The summed E-state index contributed by atoms with van der Waals surface area (Å²) in [4.78, 5) is 25.9. The fourth-order valence-electron chi connectivity index (χ4n) is 4.21. The number of benzene rings is 1. The topological polar surface area (TPSA) is 129 Å². The summed E-state index contributed by atoms with van der Waals surface area (Å²) in [5.74, 6) is -1.29. The van der Waals surface area contributed by atoms with Gasteiger partial charge in [0.15, 0.2) is 0 Å². The van der Waals surface area contributed by atoms with Gasteiger partial charge in [-0.25, -0.2) is 4.57 Å². The summed E-state index contributed by atoms with van der Waals surface area (Å²) in [7, 11) is -4.08. The molecule has 1 fully saturated rings. The minimum absolute atomic E-state index is 0.148. The standard InChI is InChI=1S/C27H36N3O7P/c1-6-22-23(7-2)26(30-15-11-12-20(16-30)25(28)31)36-24(22)17-34-38(33,37-21-13-9-8-10-14-21)29-19(5)27(32)35-18(3)4/h6-11,13-16,18-19,22-24,26H,1-2,12,17H2,3-5H3,(H2,28,31)(H,29,33)/t19-,22-,23+,24+,26+,38?/m0/s1. The summed E-state index contributed by atoms with van der Waals surface area (Å²) >= 11 is 0. The molecule has 1 unspecified atom stereocenters. The molecule has 1 aromatic carbocycles. The number of primary amides is 1. The lowest BCUT2D eigenvalue weighted by Crippen LogP contribution is -2.37. The zero-order valence-electron chi connectivity index (χ0n) is 21.9. The van der Waals surface area contributed by atoms with Gasteiger partial charge in [-0.1, -0.05) is 36.4 Å². The summed E-state index contributed by atoms with van der Waals surface area (Å²) in [6, 6.07) is 7.52. The van der Waals surface area contributed by atoms with Crippen LogP contribution < -0.4 is 15.3 Å². The van der Waals surface area contributed by atoms with E-state index in [0.29, 0.717) is 17.7 Å². The van der Waals surface area contributed by atoms with Crippen molar-refractivity contribution in [2.45, 2.75) is 51.7 Å². The Morgan fingerprint density at radius 1 is 1.21 bits per heavy atom. The van der Waals surface area contributed by atoms with Gasteiger partial charge in [-0.3, -0.25) is 14.1 Å². The number of carbonyl (C=O) groups excluding carboxylic acids is 2. The lowest BCUT2D eigenvalue weighted by molar-refractivity contribution is -0.149. The number of nitrogens with two attached hydrogens (primary N) is 1. The maximum Gasteiger partial charge on any atom is 0.459 e. The fourth-order valence-corrected chi connectivity index (χ4v) is 5.71. The number of carbonyl (C=O) groups is 2. The van der Waals surface area contributed by atoms with Gasteiger partial charge in [0.2, 0.25) is 5.91 Å². The largest absolute Gasteiger partial charge is 0.462 e. The van der Waals surface area contributed by atoms with E-state index in [9.17, 15) is 14.2 Å². The molecule has 0 bridgehead atoms. The lowest BCUT2D eigenvalue weighted by Gasteiger charge is -2.30. The Balaban J connectivity index is 1.79. The highest BCUT2D eigenvalue weighted by molar-refractivity contribution is 7.52. The lowest BCUT2D eigenvalue weighted by atomic mass is 9.89. The average Bonchev–Trinajstić information content (AvgIpc) is 3.25. The molecule has 2 aliphatic heterocycles. The van der Waals surface area contributed by atoms with Gasteiger partial charge in [0.25, 0.3) is 0 Å². The second-order valence-electron chi connectivity index (χ2n) is 9.28. The third-order valence-corrected chi connectivity index (χ3v) is 7.67. The second-order valence-corrected chi connectivity index (χ2v) is 11.0. The van der Waals surface area contributed by atoms with Gasteiger partial charge in [0.1, 0.15) is 18.0 Å². The molecule has 0 aliphatic carbocycles. The third-order valence-electron chi connectivity index (χ3n) is 6.03. The number of amides is 1. The highest BCUT2D eigenvalue weighted by Crippen LogP contribution is 2.47. The van der Waals surface area contributed by atoms with Crippen LogP contribution in [0.15, 0.2) is 79.7 Å². The quantitative estimate of drug-likeness (QED) is 0.214. The minimum atomic E-state index is -4.08. The van der Waals surface area contributed by atoms with E-state index < -0.39 is 38.0 Å². The van der Waals surface area contributed by atoms with Crippen LogP contribution >= 0.6 is 7.75 Å². The van der Waals surface area contributed by atoms with Crippen molar-refractivity contribution in [1.82, 2.24) is 9.99 Å². The van der Waals surface area contributed by atoms with Crippen LogP contribution in [-0.2, 0) is 28.2 Å². The van der Waals surface area contributed by atoms with E-state index in [1.54, 1.807) is 67.4 Å². The van der Waals surface area contributed by atoms with Gasteiger partial charge in [0.05, 0.1) is 18.8 Å². The van der Waals surface area contributed by atoms with Gasteiger partial charge in [-0.2, -0.15) is 5.09 Å². The van der Waals surface area contributed by atoms with E-state index in [1.165, 1.54) is 6.92 Å². The van der Waals surface area contributed by atoms with Crippen molar-refractivity contribution in [3.05, 3.63) is 79.7 Å². The van der Waals surface area contributed by atoms with Gasteiger partial charge < -0.3 is 24.6 Å². The number of nitrogens with one attached hydrogen (secondary N) is 1. The van der Waals surface area contributed by atoms with E-state index in [1.807, 2.05) is 12.3 Å². The first-order valence-corrected chi connectivity index (χ1v) is 13.9. The highest BCUT2D eigenvalue weighted by Gasteiger charge is 2.45. The molecular weight excluding hydrogens is 509 g/mol. The van der Waals surface area contributed by atoms with Crippen LogP contribution in [0.4, 0.5) is 0 Å². The van der Waals surface area contributed by atoms with Crippen molar-refractivity contribution in [1.29, 1.82) is 0 Å². The molecule has 3 rings (SSSR count). The Morgan fingerprint density at radius 3 is 2.50 bits per heavy atom. The maximum atomic E-state index is 13.8. The van der Waals surface area contributed by atoms with Gasteiger partial charge in [0, 0.05) is 29.8 Å². The van der Waals surface area contributed by atoms with Crippen LogP contribution in [0.25, 0.3) is 0 Å². The molecule has 0 radical (unpaired) electrons. The number of esters is 1. The van der Waals surface area contributed by atoms with E-state index in [-0.39, 0.29) is 24.5 Å². The van der Waals surface area contributed by atoms with Crippen LogP contribution in [0, 0.1) is 11.8 Å². The summed E-state index contributed by atoms with van der Waals surface area (Å²) in [5.41, 5.74) is 5.92. The number of para-hydroxylation sites is 1. The van der Waals surface area contributed by atoms with Crippen LogP contribution in [0.2, 0.25) is 0 Å². The van der Waals surface area contributed by atoms with Crippen LogP contribution in [-0.4, -0.2) is 47.9 Å². The number of ether oxygens (including phenoxy) is 2. The van der Waals surface area contributed by atoms with Crippen molar-refractivity contribution in [3.63, 3.8) is 0 Å². The van der Waals surface area contributed by atoms with Crippen LogP contribution in [0.3, 0.4) is 0 Å². The molecule has 1 saturated heterocycles. The number of rotatable bonds is 13. The molecular formula is C27H36N3O7P. The molecule has 10 nitrogen and oxygen atoms in total. The highest BCUT2D eigenvalue weighted by atomic mass is 31.2. The predicted octanol–water partition coefficient (Wildman–Crippen LogP) is 4.04. The molecule has 3 N–H and O–H groups in total. The van der Waals surface area contributed by atoms with Crippen molar-refractivity contribution in [2.75, 3.05) is 6.61 Å². The first-order valence-electron chi connectivity index (χ1n) is 12.4. The average molecular weight is 546 g/mol. The third kappa shape index (κ3) is 7.45. The zero-order valence-corrected chi connectivity index (χ0v) is 22.8. The van der Waals surface area contributed by atoms with Gasteiger partial charge >= 0.3 is 13.7 Å². The second kappa shape index (κ2) is 13.1. The molecule has 38 heavy (non-hydrogen) atoms. The molecule has 1 aromatic rings. The summed E-state index contributed by atoms with van der Waals surface area (Å²) in [6.07, 6.45) is 7.72. The fraction of sp³-hybridized carbons (Fsp3) is 0.407. The normalized spacial score (nSPS) is 25.3. The van der Waals surface area contributed by atoms with Crippen LogP contribution in [0.5, 0.6) is 5.75 Å². The predicted molar refractivity (Wildman–Crippen MR) is 143 cm³/mol. The summed E-state index contributed by atoms with van der Waals surface area (Å²) in [6.45, 7) is 12.7. The molecule has 2 aliphatic rings. The van der Waals surface area contributed by atoms with Gasteiger partial charge in [-0.05, 0) is 39.3 Å². The Hall–Kier alpha value is -3.17. The minimum Gasteiger partial charge on any atom is -0.462 e. The van der Waals surface area contributed by atoms with E-state index in [0.717, 1.165) is 0 Å². The maximum absolute atomic E-state index is 13.8. The Labute approximate surface area is 223 Å². The van der Waals surface area contributed by atoms with Crippen molar-refractivity contribution in [2.24, 2.45) is 17.6 Å². The van der Waals surface area contributed by atoms with Crippen molar-refractivity contribution >= 4 is 19.6 Å². The molecule has 1 amide bonds. The SMILES string of the molecule is C=C[C@@H]1[C@H](C=C)[C@@H](COP(=O)(N[C@@H](C)C(=O)OC(C)C)Oc2ccccc2)O[C@H]1N1C=CCC(C(N)=O)=C1. The van der Waals surface area contributed by atoms with Crippen LogP contribution in [0.1, 0.15) is 27.2 Å². The van der Waals surface area contributed by atoms with E-state index in [2.05, 4.69) is 18.2 Å². The summed E-state index contributed by atoms with van der Waals surface area (Å²) in [5, 5.41) is 2.67. The van der Waals surface area contributed by atoms with Crippen molar-refractivity contribution in [3.8, 4) is 5.75 Å². The monoisotopic (exact) mass is 545 g/mol. The Kier molecular flexibility index (Phi) is 10.1. The van der Waals surface area contributed by atoms with Crippen molar-refractivity contribution < 1.29 is 32.7 Å². The number of nitrogens with zero attached hydrogens (tertiary/aromatic N) is 1. The molecule has 206 valence electrons. The Bertz CT molecular complexity index is 1120. The molecule has 6 atom stereocenters. The molecule has 0 aromatic heterocycles.